The Bertz CT molecular complexity index is 1270. The molecule has 2 aromatic carbocycles. The number of nitrogens with zero attached hydrogens (tertiary/aromatic N) is 3. The number of carboxylic acids is 1. The monoisotopic (exact) mass is 491 g/mol. The van der Waals surface area contributed by atoms with Gasteiger partial charge in [0.05, 0.1) is 42.3 Å². The van der Waals surface area contributed by atoms with Gasteiger partial charge in [0.15, 0.2) is 0 Å². The number of amides is 1. The van der Waals surface area contributed by atoms with Gasteiger partial charge in [0.25, 0.3) is 0 Å². The number of carbonyl (C=O) groups is 2. The van der Waals surface area contributed by atoms with Crippen molar-refractivity contribution in [3.05, 3.63) is 59.4 Å². The number of ether oxygens (including phenoxy) is 1. The van der Waals surface area contributed by atoms with E-state index in [0.29, 0.717) is 12.8 Å². The smallest absolute Gasteiger partial charge is 0.414 e. The van der Waals surface area contributed by atoms with E-state index in [4.69, 9.17) is 9.72 Å². The number of carbonyl (C=O) groups excluding carboxylic acids is 1. The topological polar surface area (TPSA) is 105 Å². The minimum absolute atomic E-state index is 0.00753. The zero-order valence-corrected chi connectivity index (χ0v) is 20.8. The minimum Gasteiger partial charge on any atom is -0.481 e. The Kier molecular flexibility index (Phi) is 6.71. The van der Waals surface area contributed by atoms with Crippen LogP contribution in [0.3, 0.4) is 0 Å². The highest BCUT2D eigenvalue weighted by Crippen LogP contribution is 2.42. The van der Waals surface area contributed by atoms with Crippen LogP contribution in [0, 0.1) is 5.92 Å². The van der Waals surface area contributed by atoms with Gasteiger partial charge in [0.1, 0.15) is 5.82 Å². The Morgan fingerprint density at radius 2 is 1.92 bits per heavy atom. The zero-order valence-electron chi connectivity index (χ0n) is 20.8. The van der Waals surface area contributed by atoms with Crippen molar-refractivity contribution in [2.75, 3.05) is 18.6 Å². The van der Waals surface area contributed by atoms with E-state index < -0.39 is 18.0 Å². The largest absolute Gasteiger partial charge is 0.481 e. The molecule has 36 heavy (non-hydrogen) atoms. The van der Waals surface area contributed by atoms with Gasteiger partial charge < -0.3 is 19.5 Å². The van der Waals surface area contributed by atoms with Gasteiger partial charge in [0, 0.05) is 17.6 Å². The molecule has 0 saturated heterocycles. The van der Waals surface area contributed by atoms with E-state index in [9.17, 15) is 19.8 Å². The maximum Gasteiger partial charge on any atom is 0.414 e. The number of aliphatic carboxylic acids is 1. The average molecular weight is 492 g/mol. The van der Waals surface area contributed by atoms with Crippen LogP contribution in [0.2, 0.25) is 0 Å². The Morgan fingerprint density at radius 3 is 2.61 bits per heavy atom. The molecule has 5 rings (SSSR count). The number of imidazole rings is 1. The number of rotatable bonds is 5. The molecule has 0 spiro atoms. The van der Waals surface area contributed by atoms with Crippen molar-refractivity contribution in [2.24, 2.45) is 5.92 Å². The molecule has 1 aromatic heterocycles. The van der Waals surface area contributed by atoms with E-state index in [1.54, 1.807) is 4.90 Å². The van der Waals surface area contributed by atoms with Gasteiger partial charge in [0.2, 0.25) is 0 Å². The number of aliphatic hydroxyl groups excluding tert-OH is 1. The summed E-state index contributed by atoms with van der Waals surface area (Å²) in [4.78, 5) is 31.3. The normalized spacial score (nSPS) is 22.8. The lowest BCUT2D eigenvalue weighted by atomic mass is 9.85. The molecule has 2 aliphatic rings. The second-order valence-electron chi connectivity index (χ2n) is 10.0. The third-order valence-electron chi connectivity index (χ3n) is 7.91. The number of carboxylic acid groups (broad SMARTS) is 1. The minimum atomic E-state index is -0.757. The second-order valence-corrected chi connectivity index (χ2v) is 10.0. The third-order valence-corrected chi connectivity index (χ3v) is 7.91. The van der Waals surface area contributed by atoms with Gasteiger partial charge >= 0.3 is 12.1 Å². The van der Waals surface area contributed by atoms with Gasteiger partial charge in [-0.15, -0.1) is 0 Å². The van der Waals surface area contributed by atoms with Gasteiger partial charge in [-0.3, -0.25) is 9.69 Å². The molecule has 3 aromatic rings. The quantitative estimate of drug-likeness (QED) is 0.527. The molecule has 8 nitrogen and oxygen atoms in total. The molecule has 2 heterocycles. The highest BCUT2D eigenvalue weighted by atomic mass is 16.5. The first-order valence-corrected chi connectivity index (χ1v) is 12.7. The number of methoxy groups -OCH3 is 1. The van der Waals surface area contributed by atoms with Crippen molar-refractivity contribution in [3.8, 4) is 0 Å². The number of anilines is 1. The van der Waals surface area contributed by atoms with Crippen LogP contribution in [0.5, 0.6) is 0 Å². The molecule has 0 bridgehead atoms. The number of aryl methyl sites for hydroxylation is 1. The number of benzene rings is 2. The summed E-state index contributed by atoms with van der Waals surface area (Å²) in [5.41, 5.74) is 4.49. The first-order chi connectivity index (χ1) is 17.4. The first-order valence-electron chi connectivity index (χ1n) is 12.7. The van der Waals surface area contributed by atoms with Crippen LogP contribution < -0.4 is 4.90 Å². The summed E-state index contributed by atoms with van der Waals surface area (Å²) in [5.74, 6) is -0.760. The fraction of sp³-hybridized carbons (Fsp3) is 0.464. The number of aromatic nitrogens is 2. The molecule has 1 aliphatic heterocycles. The van der Waals surface area contributed by atoms with E-state index in [-0.39, 0.29) is 24.6 Å². The fourth-order valence-corrected chi connectivity index (χ4v) is 6.07. The number of hydrogen-bond acceptors (Lipinski definition) is 5. The second kappa shape index (κ2) is 9.93. The average Bonchev–Trinajstić information content (AvgIpc) is 3.28. The van der Waals surface area contributed by atoms with E-state index >= 15 is 0 Å². The maximum atomic E-state index is 12.6. The lowest BCUT2D eigenvalue weighted by molar-refractivity contribution is -0.143. The predicted molar refractivity (Wildman–Crippen MR) is 136 cm³/mol. The van der Waals surface area contributed by atoms with Crippen molar-refractivity contribution in [3.63, 3.8) is 0 Å². The zero-order chi connectivity index (χ0) is 25.4. The van der Waals surface area contributed by atoms with E-state index in [1.807, 2.05) is 49.4 Å². The number of aliphatic hydroxyl groups is 1. The van der Waals surface area contributed by atoms with Crippen LogP contribution in [0.1, 0.15) is 67.9 Å². The molecule has 1 fully saturated rings. The Labute approximate surface area is 210 Å². The predicted octanol–water partition coefficient (Wildman–Crippen LogP) is 4.88. The van der Waals surface area contributed by atoms with E-state index in [2.05, 4.69) is 4.57 Å². The molecule has 8 heteroatoms. The molecular formula is C28H33N3O5. The van der Waals surface area contributed by atoms with Crippen LogP contribution in [0.15, 0.2) is 42.5 Å². The van der Waals surface area contributed by atoms with Gasteiger partial charge in [-0.05, 0) is 56.7 Å². The fourth-order valence-electron chi connectivity index (χ4n) is 6.07. The molecule has 190 valence electrons. The van der Waals surface area contributed by atoms with Crippen molar-refractivity contribution in [1.82, 2.24) is 9.55 Å². The summed E-state index contributed by atoms with van der Waals surface area (Å²) in [5, 5.41) is 20.3. The van der Waals surface area contributed by atoms with Crippen LogP contribution in [-0.2, 0) is 16.0 Å². The summed E-state index contributed by atoms with van der Waals surface area (Å²) in [6, 6.07) is 13.7. The summed E-state index contributed by atoms with van der Waals surface area (Å²) in [6.07, 6.45) is 4.06. The van der Waals surface area contributed by atoms with Gasteiger partial charge in [-0.25, -0.2) is 9.78 Å². The van der Waals surface area contributed by atoms with Crippen molar-refractivity contribution < 1.29 is 24.5 Å². The van der Waals surface area contributed by atoms with Crippen LogP contribution >= 0.6 is 0 Å². The molecule has 1 unspecified atom stereocenters. The summed E-state index contributed by atoms with van der Waals surface area (Å²) in [6.45, 7) is 1.90. The highest BCUT2D eigenvalue weighted by Gasteiger charge is 2.35. The Hall–Kier alpha value is -3.39. The first kappa shape index (κ1) is 24.3. The molecule has 4 atom stereocenters. The molecule has 1 saturated carbocycles. The van der Waals surface area contributed by atoms with E-state index in [0.717, 1.165) is 59.4 Å². The third kappa shape index (κ3) is 4.13. The number of fused-ring (bicyclic) bond motifs is 3. The van der Waals surface area contributed by atoms with Gasteiger partial charge in [-0.1, -0.05) is 36.8 Å². The molecule has 1 amide bonds. The standard InChI is InChI=1S/C28H33N3O5/c1-17-11-12-21-23(30(17)28(35)36-2)13-14-24-25(21)29-26(22(16-32)18-7-4-3-5-8-18)31(24)20-10-6-9-19(15-20)27(33)34/h3-5,7-8,13-14,17,19-20,22,32H,6,9-12,15-16H2,1-2H3,(H,33,34)/t17-,19+,20+,22?/m0/s1. The molecule has 1 aliphatic carbocycles. The van der Waals surface area contributed by atoms with Crippen LogP contribution in [0.4, 0.5) is 10.5 Å². The number of hydrogen-bond donors (Lipinski definition) is 2. The summed E-state index contributed by atoms with van der Waals surface area (Å²) < 4.78 is 7.25. The van der Waals surface area contributed by atoms with Crippen LogP contribution in [0.25, 0.3) is 11.0 Å². The Balaban J connectivity index is 1.71. The van der Waals surface area contributed by atoms with Gasteiger partial charge in [-0.2, -0.15) is 0 Å². The lowest BCUT2D eigenvalue weighted by Crippen LogP contribution is -2.42. The van der Waals surface area contributed by atoms with E-state index in [1.165, 1.54) is 7.11 Å². The molecular weight excluding hydrogens is 458 g/mol. The van der Waals surface area contributed by atoms with Crippen molar-refractivity contribution in [1.29, 1.82) is 0 Å². The van der Waals surface area contributed by atoms with Crippen LogP contribution in [-0.4, -0.2) is 51.6 Å². The SMILES string of the molecule is COC(=O)N1c2ccc3c(nc(C(CO)c4ccccc4)n3[C@@H]3CCC[C@@H](C(=O)O)C3)c2CC[C@@H]1C. The molecule has 2 N–H and O–H groups in total. The summed E-state index contributed by atoms with van der Waals surface area (Å²) in [7, 11) is 1.39. The van der Waals surface area contributed by atoms with Crippen molar-refractivity contribution in [2.45, 2.75) is 63.5 Å². The maximum absolute atomic E-state index is 12.6. The molecule has 0 radical (unpaired) electrons. The Morgan fingerprint density at radius 1 is 1.14 bits per heavy atom. The summed E-state index contributed by atoms with van der Waals surface area (Å²) >= 11 is 0. The van der Waals surface area contributed by atoms with Crippen molar-refractivity contribution >= 4 is 28.8 Å². The highest BCUT2D eigenvalue weighted by molar-refractivity contribution is 5.95. The lowest BCUT2D eigenvalue weighted by Gasteiger charge is -2.34.